The van der Waals surface area contributed by atoms with Gasteiger partial charge in [0.2, 0.25) is 0 Å². The number of benzene rings is 1. The van der Waals surface area contributed by atoms with Crippen molar-refractivity contribution in [3.63, 3.8) is 0 Å². The fraction of sp³-hybridized carbons (Fsp3) is 0.647. The molecule has 0 aromatic heterocycles. The molecular formula is C17H26BFN2O2. The van der Waals surface area contributed by atoms with Gasteiger partial charge in [0.25, 0.3) is 0 Å². The highest BCUT2D eigenvalue weighted by molar-refractivity contribution is 6.62. The van der Waals surface area contributed by atoms with Crippen LogP contribution in [0.4, 0.5) is 10.1 Å². The lowest BCUT2D eigenvalue weighted by Crippen LogP contribution is -2.45. The summed E-state index contributed by atoms with van der Waals surface area (Å²) in [5.41, 5.74) is -2.15. The second-order valence-electron chi connectivity index (χ2n) is 6.45. The van der Waals surface area contributed by atoms with Gasteiger partial charge in [-0.1, -0.05) is 0 Å². The third-order valence-electron chi connectivity index (χ3n) is 4.24. The normalized spacial score (nSPS) is 40.7. The highest BCUT2D eigenvalue weighted by Crippen LogP contribution is 2.36. The van der Waals surface area contributed by atoms with Crippen LogP contribution in [0, 0.1) is 5.82 Å². The van der Waals surface area contributed by atoms with Gasteiger partial charge in [0, 0.05) is 41.3 Å². The summed E-state index contributed by atoms with van der Waals surface area (Å²) in [4.78, 5) is -0.335. The number of likely N-dealkylation sites (N-methyl/N-ethyl adjacent to an activating group) is 1. The Bertz CT molecular complexity index is 943. The SMILES string of the molecule is [2H]C([2H])([2H])N1C([2H])([2H])C([2H])([2H])N(c2cc(F)cc(B3OC(C)(C)C(C)(C)O3)c2)C([2H])([2H])C1([2H])[2H]. The maximum Gasteiger partial charge on any atom is 0.495 e. The zero-order chi connectivity index (χ0) is 26.5. The lowest BCUT2D eigenvalue weighted by atomic mass is 9.78. The van der Waals surface area contributed by atoms with Gasteiger partial charge >= 0.3 is 7.12 Å². The molecule has 4 nitrogen and oxygen atoms in total. The summed E-state index contributed by atoms with van der Waals surface area (Å²) in [5, 5.41) is 0. The van der Waals surface area contributed by atoms with Gasteiger partial charge in [-0.15, -0.1) is 0 Å². The minimum Gasteiger partial charge on any atom is -0.399 e. The average molecular weight is 331 g/mol. The molecule has 0 unspecified atom stereocenters. The predicted octanol–water partition coefficient (Wildman–Crippen LogP) is 1.88. The van der Waals surface area contributed by atoms with Crippen LogP contribution in [0.5, 0.6) is 0 Å². The first-order valence-corrected chi connectivity index (χ1v) is 7.18. The Kier molecular flexibility index (Phi) is 1.97. The summed E-state index contributed by atoms with van der Waals surface area (Å²) in [6.45, 7) is -10.6. The Morgan fingerprint density at radius 2 is 1.70 bits per heavy atom. The van der Waals surface area contributed by atoms with Crippen molar-refractivity contribution in [3.8, 4) is 0 Å². The lowest BCUT2D eigenvalue weighted by Gasteiger charge is -2.34. The molecule has 23 heavy (non-hydrogen) atoms. The zero-order valence-corrected chi connectivity index (χ0v) is 13.4. The molecule has 2 fully saturated rings. The molecule has 0 atom stereocenters. The number of nitrogens with zero attached hydrogens (tertiary/aromatic N) is 2. The molecule has 0 radical (unpaired) electrons. The van der Waals surface area contributed by atoms with E-state index in [1.165, 1.54) is 0 Å². The van der Waals surface area contributed by atoms with Crippen molar-refractivity contribution >= 4 is 18.3 Å². The van der Waals surface area contributed by atoms with Gasteiger partial charge in [0.15, 0.2) is 0 Å². The fourth-order valence-corrected chi connectivity index (χ4v) is 2.23. The van der Waals surface area contributed by atoms with E-state index in [1.54, 1.807) is 27.7 Å². The predicted molar refractivity (Wildman–Crippen MR) is 91.8 cm³/mol. The molecule has 2 saturated heterocycles. The van der Waals surface area contributed by atoms with Gasteiger partial charge in [-0.05, 0) is 58.3 Å². The van der Waals surface area contributed by atoms with Crippen LogP contribution < -0.4 is 10.4 Å². The van der Waals surface area contributed by atoms with E-state index in [0.29, 0.717) is 6.07 Å². The van der Waals surface area contributed by atoms with Crippen molar-refractivity contribution in [3.05, 3.63) is 24.0 Å². The Hall–Kier alpha value is -1.11. The van der Waals surface area contributed by atoms with Crippen LogP contribution in [0.15, 0.2) is 18.2 Å². The highest BCUT2D eigenvalue weighted by atomic mass is 19.1. The summed E-state index contributed by atoms with van der Waals surface area (Å²) in [7, 11) is -1.13. The van der Waals surface area contributed by atoms with Crippen molar-refractivity contribution in [2.45, 2.75) is 38.9 Å². The maximum atomic E-state index is 14.7. The highest BCUT2D eigenvalue weighted by Gasteiger charge is 2.51. The van der Waals surface area contributed by atoms with E-state index >= 15 is 0 Å². The van der Waals surface area contributed by atoms with Gasteiger partial charge in [-0.25, -0.2) is 4.39 Å². The van der Waals surface area contributed by atoms with Crippen LogP contribution in [0.25, 0.3) is 0 Å². The van der Waals surface area contributed by atoms with Crippen molar-refractivity contribution in [1.82, 2.24) is 4.90 Å². The molecule has 0 aliphatic carbocycles. The third kappa shape index (κ3) is 3.25. The first-order valence-electron chi connectivity index (χ1n) is 12.7. The summed E-state index contributed by atoms with van der Waals surface area (Å²) in [5.74, 6) is -0.965. The minimum absolute atomic E-state index is 0.0274. The molecule has 0 spiro atoms. The van der Waals surface area contributed by atoms with Gasteiger partial charge in [0.05, 0.1) is 16.7 Å². The number of anilines is 1. The van der Waals surface area contributed by atoms with E-state index in [9.17, 15) is 4.39 Å². The van der Waals surface area contributed by atoms with E-state index in [-0.39, 0.29) is 10.4 Å². The third-order valence-corrected chi connectivity index (χ3v) is 4.24. The summed E-state index contributed by atoms with van der Waals surface area (Å²) >= 11 is 0. The molecular weight excluding hydrogens is 294 g/mol. The summed E-state index contributed by atoms with van der Waals surface area (Å²) < 4.78 is 115. The zero-order valence-electron chi connectivity index (χ0n) is 24.4. The number of rotatable bonds is 2. The van der Waals surface area contributed by atoms with Gasteiger partial charge in [-0.3, -0.25) is 0 Å². The lowest BCUT2D eigenvalue weighted by molar-refractivity contribution is 0.00578. The molecule has 2 aliphatic rings. The van der Waals surface area contributed by atoms with Crippen LogP contribution in [0.1, 0.15) is 42.8 Å². The summed E-state index contributed by atoms with van der Waals surface area (Å²) in [6.07, 6.45) is 0. The van der Waals surface area contributed by atoms with Crippen LogP contribution >= 0.6 is 0 Å². The molecule has 2 aliphatic heterocycles. The van der Waals surface area contributed by atoms with E-state index in [4.69, 9.17) is 24.4 Å². The van der Waals surface area contributed by atoms with Crippen LogP contribution in [-0.4, -0.2) is 56.2 Å². The molecule has 3 rings (SSSR count). The average Bonchev–Trinajstić information content (AvgIpc) is 2.78. The first-order chi connectivity index (χ1) is 14.9. The van der Waals surface area contributed by atoms with Crippen LogP contribution in [0.3, 0.4) is 0 Å². The maximum absolute atomic E-state index is 14.7. The topological polar surface area (TPSA) is 24.9 Å². The van der Waals surface area contributed by atoms with E-state index in [1.807, 2.05) is 0 Å². The molecule has 1 aromatic carbocycles. The Labute approximate surface area is 154 Å². The first kappa shape index (κ1) is 7.85. The second kappa shape index (κ2) is 5.76. The van der Waals surface area contributed by atoms with Crippen LogP contribution in [0.2, 0.25) is 0 Å². The molecule has 126 valence electrons. The largest absolute Gasteiger partial charge is 0.495 e. The van der Waals surface area contributed by atoms with Crippen molar-refractivity contribution < 1.29 is 28.8 Å². The standard InChI is InChI=1S/C17H26BFN2O2/c1-16(2)17(3,4)23-18(22-16)13-10-14(19)12-15(11-13)21-8-6-20(5)7-9-21/h10-12H,6-9H2,1-5H3/i5D3,6D2,7D2,8D2,9D2. The minimum atomic E-state index is -3.57. The number of piperazine rings is 1. The number of hydrogen-bond donors (Lipinski definition) is 0. The van der Waals surface area contributed by atoms with Gasteiger partial charge < -0.3 is 19.1 Å². The Balaban J connectivity index is 2.20. The van der Waals surface area contributed by atoms with Crippen LogP contribution in [-0.2, 0) is 9.31 Å². The smallest absolute Gasteiger partial charge is 0.399 e. The molecule has 0 saturated carbocycles. The quantitative estimate of drug-likeness (QED) is 0.773. The van der Waals surface area contributed by atoms with Crippen molar-refractivity contribution in [2.75, 3.05) is 37.9 Å². The van der Waals surface area contributed by atoms with Gasteiger partial charge in [-0.2, -0.15) is 0 Å². The molecule has 0 amide bonds. The van der Waals surface area contributed by atoms with Crippen molar-refractivity contribution in [2.24, 2.45) is 0 Å². The molecule has 1 aromatic rings. The number of halogens is 1. The Morgan fingerprint density at radius 3 is 2.26 bits per heavy atom. The monoisotopic (exact) mass is 331 g/mol. The molecule has 0 bridgehead atoms. The molecule has 6 heteroatoms. The van der Waals surface area contributed by atoms with Gasteiger partial charge in [0.1, 0.15) is 5.82 Å². The number of hydrogen-bond acceptors (Lipinski definition) is 4. The second-order valence-corrected chi connectivity index (χ2v) is 6.45. The molecule has 0 N–H and O–H groups in total. The fourth-order valence-electron chi connectivity index (χ4n) is 2.23. The molecule has 2 heterocycles. The Morgan fingerprint density at radius 1 is 1.09 bits per heavy atom. The van der Waals surface area contributed by atoms with E-state index in [0.717, 1.165) is 12.1 Å². The summed E-state index contributed by atoms with van der Waals surface area (Å²) in [6, 6.07) is 2.85. The van der Waals surface area contributed by atoms with E-state index in [2.05, 4.69) is 0 Å². The van der Waals surface area contributed by atoms with E-state index < -0.39 is 67.7 Å². The van der Waals surface area contributed by atoms with Crippen molar-refractivity contribution in [1.29, 1.82) is 0 Å².